The molecular formula is C18H15F3O3. The number of benzene rings is 2. The van der Waals surface area contributed by atoms with Gasteiger partial charge in [-0.15, -0.1) is 13.2 Å². The minimum absolute atomic E-state index is 0.0254. The van der Waals surface area contributed by atoms with E-state index in [0.717, 1.165) is 12.8 Å². The SMILES string of the molecule is O=Cc1ccccc1-c1ccc(OC(F)(F)F)c(OCC2CC2)c1. The maximum atomic E-state index is 12.6. The Hall–Kier alpha value is -2.50. The van der Waals surface area contributed by atoms with E-state index in [9.17, 15) is 18.0 Å². The van der Waals surface area contributed by atoms with Gasteiger partial charge in [0.05, 0.1) is 6.61 Å². The van der Waals surface area contributed by atoms with Crippen LogP contribution in [0.4, 0.5) is 13.2 Å². The summed E-state index contributed by atoms with van der Waals surface area (Å²) in [5, 5.41) is 0. The van der Waals surface area contributed by atoms with Gasteiger partial charge >= 0.3 is 6.36 Å². The monoisotopic (exact) mass is 336 g/mol. The number of hydrogen-bond acceptors (Lipinski definition) is 3. The summed E-state index contributed by atoms with van der Waals surface area (Å²) in [6.07, 6.45) is -2.05. The average Bonchev–Trinajstić information content (AvgIpc) is 3.37. The van der Waals surface area contributed by atoms with Gasteiger partial charge < -0.3 is 9.47 Å². The van der Waals surface area contributed by atoms with Gasteiger partial charge in [-0.2, -0.15) is 0 Å². The van der Waals surface area contributed by atoms with E-state index in [4.69, 9.17) is 4.74 Å². The highest BCUT2D eigenvalue weighted by Gasteiger charge is 2.33. The van der Waals surface area contributed by atoms with Crippen molar-refractivity contribution in [2.75, 3.05) is 6.61 Å². The molecule has 3 rings (SSSR count). The lowest BCUT2D eigenvalue weighted by Gasteiger charge is -2.16. The molecule has 24 heavy (non-hydrogen) atoms. The Bertz CT molecular complexity index is 737. The molecule has 2 aromatic carbocycles. The summed E-state index contributed by atoms with van der Waals surface area (Å²) in [6.45, 7) is 0.354. The molecule has 0 unspecified atom stereocenters. The third-order valence-electron chi connectivity index (χ3n) is 3.74. The first-order valence-electron chi connectivity index (χ1n) is 7.53. The smallest absolute Gasteiger partial charge is 0.489 e. The molecule has 126 valence electrons. The van der Waals surface area contributed by atoms with Crippen molar-refractivity contribution in [3.05, 3.63) is 48.0 Å². The van der Waals surface area contributed by atoms with Gasteiger partial charge in [-0.1, -0.05) is 30.3 Å². The first kappa shape index (κ1) is 16.4. The first-order chi connectivity index (χ1) is 11.5. The minimum atomic E-state index is -4.79. The molecule has 1 fully saturated rings. The fourth-order valence-corrected chi connectivity index (χ4v) is 2.35. The molecule has 1 aliphatic carbocycles. The number of carbonyl (C=O) groups is 1. The van der Waals surface area contributed by atoms with E-state index < -0.39 is 6.36 Å². The Morgan fingerprint density at radius 1 is 1.08 bits per heavy atom. The lowest BCUT2D eigenvalue weighted by molar-refractivity contribution is -0.275. The third kappa shape index (κ3) is 4.07. The van der Waals surface area contributed by atoms with Crippen LogP contribution in [0.5, 0.6) is 11.5 Å². The number of alkyl halides is 3. The predicted octanol–water partition coefficient (Wildman–Crippen LogP) is 4.85. The summed E-state index contributed by atoms with van der Waals surface area (Å²) in [7, 11) is 0. The van der Waals surface area contributed by atoms with Crippen molar-refractivity contribution in [3.8, 4) is 22.6 Å². The third-order valence-corrected chi connectivity index (χ3v) is 3.74. The number of carbonyl (C=O) groups excluding carboxylic acids is 1. The molecule has 3 nitrogen and oxygen atoms in total. The highest BCUT2D eigenvalue weighted by atomic mass is 19.4. The van der Waals surface area contributed by atoms with E-state index in [1.54, 1.807) is 24.3 Å². The highest BCUT2D eigenvalue weighted by molar-refractivity contribution is 5.87. The van der Waals surface area contributed by atoms with Gasteiger partial charge in [0.15, 0.2) is 17.8 Å². The lowest BCUT2D eigenvalue weighted by atomic mass is 10.00. The predicted molar refractivity (Wildman–Crippen MR) is 82.2 cm³/mol. The first-order valence-corrected chi connectivity index (χ1v) is 7.53. The van der Waals surface area contributed by atoms with Crippen molar-refractivity contribution < 1.29 is 27.4 Å². The zero-order chi connectivity index (χ0) is 17.2. The molecule has 1 saturated carbocycles. The van der Waals surface area contributed by atoms with Crippen LogP contribution in [0.3, 0.4) is 0 Å². The van der Waals surface area contributed by atoms with E-state index in [-0.39, 0.29) is 11.5 Å². The zero-order valence-corrected chi connectivity index (χ0v) is 12.7. The molecule has 2 aromatic rings. The van der Waals surface area contributed by atoms with Crippen LogP contribution in [-0.2, 0) is 0 Å². The van der Waals surface area contributed by atoms with Crippen LogP contribution < -0.4 is 9.47 Å². The van der Waals surface area contributed by atoms with Gasteiger partial charge in [0.1, 0.15) is 0 Å². The van der Waals surface area contributed by atoms with E-state index in [1.807, 2.05) is 0 Å². The second kappa shape index (κ2) is 6.55. The molecule has 0 N–H and O–H groups in total. The molecule has 0 saturated heterocycles. The number of hydrogen-bond donors (Lipinski definition) is 0. The Morgan fingerprint density at radius 3 is 2.50 bits per heavy atom. The average molecular weight is 336 g/mol. The molecule has 0 spiro atoms. The maximum absolute atomic E-state index is 12.6. The minimum Gasteiger partial charge on any atom is -0.489 e. The Balaban J connectivity index is 1.95. The van der Waals surface area contributed by atoms with Crippen LogP contribution in [0.2, 0.25) is 0 Å². The molecular weight excluding hydrogens is 321 g/mol. The van der Waals surface area contributed by atoms with Crippen molar-refractivity contribution >= 4 is 6.29 Å². The summed E-state index contributed by atoms with van der Waals surface area (Å²) in [5.41, 5.74) is 1.68. The van der Waals surface area contributed by atoms with Gasteiger partial charge in [0.2, 0.25) is 0 Å². The molecule has 1 aliphatic rings. The molecule has 6 heteroatoms. The quantitative estimate of drug-likeness (QED) is 0.707. The second-order valence-corrected chi connectivity index (χ2v) is 5.67. The molecule has 0 heterocycles. The van der Waals surface area contributed by atoms with Crippen LogP contribution in [-0.4, -0.2) is 19.3 Å². The van der Waals surface area contributed by atoms with Gasteiger partial charge in [-0.3, -0.25) is 4.79 Å². The summed E-state index contributed by atoms with van der Waals surface area (Å²) < 4.78 is 47.2. The molecule has 0 aromatic heterocycles. The van der Waals surface area contributed by atoms with E-state index >= 15 is 0 Å². The topological polar surface area (TPSA) is 35.5 Å². The molecule has 0 bridgehead atoms. The van der Waals surface area contributed by atoms with E-state index in [2.05, 4.69) is 4.74 Å². The van der Waals surface area contributed by atoms with Crippen molar-refractivity contribution in [3.63, 3.8) is 0 Å². The highest BCUT2D eigenvalue weighted by Crippen LogP contribution is 2.38. The second-order valence-electron chi connectivity index (χ2n) is 5.67. The van der Waals surface area contributed by atoms with Gasteiger partial charge in [-0.25, -0.2) is 0 Å². The van der Waals surface area contributed by atoms with Crippen molar-refractivity contribution in [2.24, 2.45) is 5.92 Å². The van der Waals surface area contributed by atoms with Gasteiger partial charge in [-0.05, 0) is 42.0 Å². The van der Waals surface area contributed by atoms with Crippen LogP contribution in [0, 0.1) is 5.92 Å². The summed E-state index contributed by atoms with van der Waals surface area (Å²) in [5.74, 6) is 0.0302. The van der Waals surface area contributed by atoms with Crippen LogP contribution >= 0.6 is 0 Å². The van der Waals surface area contributed by atoms with Crippen LogP contribution in [0.15, 0.2) is 42.5 Å². The maximum Gasteiger partial charge on any atom is 0.573 e. The Morgan fingerprint density at radius 2 is 1.83 bits per heavy atom. The van der Waals surface area contributed by atoms with Crippen LogP contribution in [0.1, 0.15) is 23.2 Å². The standard InChI is InChI=1S/C18H15F3O3/c19-18(20,21)24-16-8-7-13(9-17(16)23-11-12-5-6-12)15-4-2-1-3-14(15)10-22/h1-4,7-10,12H,5-6,11H2. The fraction of sp³-hybridized carbons (Fsp3) is 0.278. The Labute approximate surface area is 137 Å². The number of halogens is 3. The molecule has 0 amide bonds. The van der Waals surface area contributed by atoms with Crippen molar-refractivity contribution in [2.45, 2.75) is 19.2 Å². The fourth-order valence-electron chi connectivity index (χ4n) is 2.35. The Kier molecular flexibility index (Phi) is 4.46. The molecule has 0 aliphatic heterocycles. The lowest BCUT2D eigenvalue weighted by Crippen LogP contribution is -2.18. The van der Waals surface area contributed by atoms with Crippen molar-refractivity contribution in [1.29, 1.82) is 0 Å². The number of ether oxygens (including phenoxy) is 2. The zero-order valence-electron chi connectivity index (χ0n) is 12.7. The van der Waals surface area contributed by atoms with Gasteiger partial charge in [0, 0.05) is 5.56 Å². The van der Waals surface area contributed by atoms with Gasteiger partial charge in [0.25, 0.3) is 0 Å². The van der Waals surface area contributed by atoms with E-state index in [1.165, 1.54) is 18.2 Å². The molecule has 0 atom stereocenters. The number of rotatable bonds is 6. The number of aldehydes is 1. The van der Waals surface area contributed by atoms with Crippen molar-refractivity contribution in [1.82, 2.24) is 0 Å². The molecule has 0 radical (unpaired) electrons. The summed E-state index contributed by atoms with van der Waals surface area (Å²) in [6, 6.07) is 11.0. The normalized spacial score (nSPS) is 14.3. The van der Waals surface area contributed by atoms with Crippen LogP contribution in [0.25, 0.3) is 11.1 Å². The largest absolute Gasteiger partial charge is 0.573 e. The summed E-state index contributed by atoms with van der Waals surface area (Å²) in [4.78, 5) is 11.2. The van der Waals surface area contributed by atoms with E-state index in [0.29, 0.717) is 35.5 Å². The summed E-state index contributed by atoms with van der Waals surface area (Å²) >= 11 is 0.